The summed E-state index contributed by atoms with van der Waals surface area (Å²) in [6.07, 6.45) is 0. The van der Waals surface area contributed by atoms with Gasteiger partial charge in [-0.25, -0.2) is 4.79 Å². The molecule has 3 aromatic rings. The Kier molecular flexibility index (Phi) is 5.03. The maximum absolute atomic E-state index is 12.2. The fourth-order valence-electron chi connectivity index (χ4n) is 2.47. The maximum Gasteiger partial charge on any atom is 0.371 e. The molecule has 1 heterocycles. The lowest BCUT2D eigenvalue weighted by Gasteiger charge is -2.07. The van der Waals surface area contributed by atoms with Crippen LogP contribution in [-0.4, -0.2) is 24.1 Å². The number of furan rings is 1. The molecule has 0 atom stereocenters. The molecule has 0 saturated carbocycles. The van der Waals surface area contributed by atoms with E-state index in [9.17, 15) is 9.59 Å². The third-order valence-corrected chi connectivity index (χ3v) is 3.85. The van der Waals surface area contributed by atoms with Crippen LogP contribution >= 0.6 is 0 Å². The van der Waals surface area contributed by atoms with Crippen molar-refractivity contribution in [2.75, 3.05) is 7.11 Å². The van der Waals surface area contributed by atoms with Gasteiger partial charge in [-0.3, -0.25) is 4.79 Å². The second-order valence-corrected chi connectivity index (χ2v) is 5.56. The molecule has 1 aromatic heterocycles. The van der Waals surface area contributed by atoms with Crippen LogP contribution in [0.2, 0.25) is 0 Å². The summed E-state index contributed by atoms with van der Waals surface area (Å²) >= 11 is 0. The first-order valence-corrected chi connectivity index (χ1v) is 7.91. The molecule has 3 rings (SSSR count). The van der Waals surface area contributed by atoms with Crippen LogP contribution < -0.4 is 10.1 Å². The Morgan fingerprint density at radius 3 is 2.46 bits per heavy atom. The highest BCUT2D eigenvalue weighted by Gasteiger charge is 2.11. The van der Waals surface area contributed by atoms with Crippen LogP contribution in [0.15, 0.2) is 65.1 Å². The van der Waals surface area contributed by atoms with Crippen LogP contribution in [0.4, 0.5) is 0 Å². The van der Waals surface area contributed by atoms with Crippen LogP contribution in [-0.2, 0) is 6.54 Å². The fraction of sp³-hybridized carbons (Fsp3) is 0.100. The van der Waals surface area contributed by atoms with E-state index < -0.39 is 5.97 Å². The van der Waals surface area contributed by atoms with E-state index in [2.05, 4.69) is 5.32 Å². The fourth-order valence-corrected chi connectivity index (χ4v) is 2.47. The van der Waals surface area contributed by atoms with Crippen molar-refractivity contribution in [1.29, 1.82) is 0 Å². The minimum atomic E-state index is -1.14. The van der Waals surface area contributed by atoms with Crippen LogP contribution in [0.25, 0.3) is 11.1 Å². The zero-order valence-electron chi connectivity index (χ0n) is 14.1. The quantitative estimate of drug-likeness (QED) is 0.708. The monoisotopic (exact) mass is 351 g/mol. The minimum Gasteiger partial charge on any atom is -0.497 e. The van der Waals surface area contributed by atoms with E-state index in [1.807, 2.05) is 36.4 Å². The number of hydrogen-bond acceptors (Lipinski definition) is 4. The van der Waals surface area contributed by atoms with Gasteiger partial charge in [0.1, 0.15) is 11.5 Å². The molecule has 0 aliphatic heterocycles. The molecular weight excluding hydrogens is 334 g/mol. The number of carboxylic acid groups (broad SMARTS) is 1. The number of methoxy groups -OCH3 is 1. The summed E-state index contributed by atoms with van der Waals surface area (Å²) in [7, 11) is 1.62. The Labute approximate surface area is 150 Å². The molecule has 0 aliphatic rings. The first-order valence-electron chi connectivity index (χ1n) is 7.91. The van der Waals surface area contributed by atoms with Crippen molar-refractivity contribution in [2.24, 2.45) is 0 Å². The summed E-state index contributed by atoms with van der Waals surface area (Å²) in [5.41, 5.74) is 2.47. The van der Waals surface area contributed by atoms with Gasteiger partial charge in [0.25, 0.3) is 5.91 Å². The average molecular weight is 351 g/mol. The van der Waals surface area contributed by atoms with Gasteiger partial charge >= 0.3 is 5.97 Å². The Morgan fingerprint density at radius 2 is 1.81 bits per heavy atom. The Hall–Kier alpha value is -3.54. The third kappa shape index (κ3) is 3.92. The van der Waals surface area contributed by atoms with Crippen molar-refractivity contribution in [3.8, 4) is 16.9 Å². The van der Waals surface area contributed by atoms with E-state index >= 15 is 0 Å². The average Bonchev–Trinajstić information content (AvgIpc) is 3.16. The number of benzene rings is 2. The smallest absolute Gasteiger partial charge is 0.371 e. The highest BCUT2D eigenvalue weighted by atomic mass is 16.5. The molecule has 6 heteroatoms. The molecule has 132 valence electrons. The Balaban J connectivity index is 1.65. The molecule has 0 saturated heterocycles. The summed E-state index contributed by atoms with van der Waals surface area (Å²) in [5, 5.41) is 11.5. The number of aromatic carboxylic acids is 1. The minimum absolute atomic E-state index is 0.115. The van der Waals surface area contributed by atoms with E-state index in [1.54, 1.807) is 19.2 Å². The zero-order valence-corrected chi connectivity index (χ0v) is 14.1. The summed E-state index contributed by atoms with van der Waals surface area (Å²) in [5.74, 6) is -0.421. The highest BCUT2D eigenvalue weighted by molar-refractivity contribution is 5.94. The summed E-state index contributed by atoms with van der Waals surface area (Å²) in [4.78, 5) is 23.0. The molecule has 6 nitrogen and oxygen atoms in total. The lowest BCUT2D eigenvalue weighted by molar-refractivity contribution is 0.0660. The van der Waals surface area contributed by atoms with E-state index in [4.69, 9.17) is 14.3 Å². The summed E-state index contributed by atoms with van der Waals surface area (Å²) in [6.45, 7) is 0.115. The molecule has 26 heavy (non-hydrogen) atoms. The van der Waals surface area contributed by atoms with E-state index in [0.717, 1.165) is 16.9 Å². The van der Waals surface area contributed by atoms with Crippen molar-refractivity contribution in [3.63, 3.8) is 0 Å². The predicted octanol–water partition coefficient (Wildman–Crippen LogP) is 3.58. The molecule has 0 fully saturated rings. The molecule has 2 N–H and O–H groups in total. The van der Waals surface area contributed by atoms with Crippen molar-refractivity contribution >= 4 is 11.9 Å². The molecular formula is C20H17NO5. The van der Waals surface area contributed by atoms with E-state index in [0.29, 0.717) is 11.3 Å². The lowest BCUT2D eigenvalue weighted by atomic mass is 10.0. The Morgan fingerprint density at radius 1 is 1.04 bits per heavy atom. The molecule has 0 aliphatic carbocycles. The first-order chi connectivity index (χ1) is 12.6. The number of carboxylic acids is 1. The van der Waals surface area contributed by atoms with Gasteiger partial charge in [-0.15, -0.1) is 0 Å². The number of hydrogen-bond donors (Lipinski definition) is 2. The molecule has 0 spiro atoms. The predicted molar refractivity (Wildman–Crippen MR) is 95.3 cm³/mol. The van der Waals surface area contributed by atoms with Crippen LogP contribution in [0, 0.1) is 0 Å². The van der Waals surface area contributed by atoms with Gasteiger partial charge in [0, 0.05) is 5.56 Å². The van der Waals surface area contributed by atoms with Gasteiger partial charge in [-0.1, -0.05) is 24.3 Å². The summed E-state index contributed by atoms with van der Waals surface area (Å²) < 4.78 is 10.3. The molecule has 0 radical (unpaired) electrons. The lowest BCUT2D eigenvalue weighted by Crippen LogP contribution is -2.22. The third-order valence-electron chi connectivity index (χ3n) is 3.85. The number of ether oxygens (including phenoxy) is 1. The Bertz CT molecular complexity index is 927. The number of amides is 1. The SMILES string of the molecule is COc1cccc(-c2ccc(C(=O)NCc3ccc(C(=O)O)o3)cc2)c1. The number of carbonyl (C=O) groups excluding carboxylic acids is 1. The van der Waals surface area contributed by atoms with Gasteiger partial charge in [-0.05, 0) is 47.5 Å². The molecule has 2 aromatic carbocycles. The first kappa shape index (κ1) is 17.3. The zero-order chi connectivity index (χ0) is 18.5. The van der Waals surface area contributed by atoms with E-state index in [1.165, 1.54) is 12.1 Å². The second kappa shape index (κ2) is 7.57. The van der Waals surface area contributed by atoms with Crippen LogP contribution in [0.3, 0.4) is 0 Å². The molecule has 0 bridgehead atoms. The number of nitrogens with one attached hydrogen (secondary N) is 1. The number of rotatable bonds is 6. The van der Waals surface area contributed by atoms with Crippen LogP contribution in [0.1, 0.15) is 26.7 Å². The van der Waals surface area contributed by atoms with Gasteiger partial charge in [0.15, 0.2) is 0 Å². The normalized spacial score (nSPS) is 10.3. The van der Waals surface area contributed by atoms with Gasteiger partial charge in [0.2, 0.25) is 5.76 Å². The second-order valence-electron chi connectivity index (χ2n) is 5.56. The summed E-state index contributed by atoms with van der Waals surface area (Å²) in [6, 6.07) is 17.7. The molecule has 0 unspecified atom stereocenters. The van der Waals surface area contributed by atoms with Crippen LogP contribution in [0.5, 0.6) is 5.75 Å². The number of carbonyl (C=O) groups is 2. The topological polar surface area (TPSA) is 88.8 Å². The highest BCUT2D eigenvalue weighted by Crippen LogP contribution is 2.24. The standard InChI is InChI=1S/C20H17NO5/c1-25-16-4-2-3-15(11-16)13-5-7-14(8-6-13)19(22)21-12-17-9-10-18(26-17)20(23)24/h2-11H,12H2,1H3,(H,21,22)(H,23,24). The van der Waals surface area contributed by atoms with Crippen molar-refractivity contribution in [2.45, 2.75) is 6.54 Å². The van der Waals surface area contributed by atoms with Crippen molar-refractivity contribution in [1.82, 2.24) is 5.32 Å². The van der Waals surface area contributed by atoms with E-state index in [-0.39, 0.29) is 18.2 Å². The van der Waals surface area contributed by atoms with Gasteiger partial charge < -0.3 is 19.6 Å². The molecule has 1 amide bonds. The van der Waals surface area contributed by atoms with Gasteiger partial charge in [-0.2, -0.15) is 0 Å². The largest absolute Gasteiger partial charge is 0.497 e. The van der Waals surface area contributed by atoms with Crippen molar-refractivity contribution in [3.05, 3.63) is 77.7 Å². The van der Waals surface area contributed by atoms with Gasteiger partial charge in [0.05, 0.1) is 13.7 Å². The maximum atomic E-state index is 12.2. The van der Waals surface area contributed by atoms with Crippen molar-refractivity contribution < 1.29 is 23.8 Å².